The van der Waals surface area contributed by atoms with Gasteiger partial charge in [0.2, 0.25) is 5.88 Å². The first-order chi connectivity index (χ1) is 9.92. The third-order valence-electron chi connectivity index (χ3n) is 2.80. The van der Waals surface area contributed by atoms with E-state index in [1.807, 2.05) is 13.8 Å². The highest BCUT2D eigenvalue weighted by Crippen LogP contribution is 2.36. The normalized spacial score (nSPS) is 10.8. The van der Waals surface area contributed by atoms with E-state index in [1.165, 1.54) is 13.3 Å². The molecule has 112 valence electrons. The summed E-state index contributed by atoms with van der Waals surface area (Å²) in [7, 11) is 1.52. The lowest BCUT2D eigenvalue weighted by Gasteiger charge is -2.15. The number of aryl methyl sites for hydroxylation is 1. The van der Waals surface area contributed by atoms with Crippen LogP contribution in [0, 0.1) is 6.92 Å². The van der Waals surface area contributed by atoms with Gasteiger partial charge < -0.3 is 15.2 Å². The van der Waals surface area contributed by atoms with Crippen LogP contribution >= 0.6 is 11.6 Å². The van der Waals surface area contributed by atoms with Crippen LogP contribution in [-0.4, -0.2) is 22.1 Å². The van der Waals surface area contributed by atoms with Crippen molar-refractivity contribution in [3.63, 3.8) is 0 Å². The van der Waals surface area contributed by atoms with Crippen LogP contribution in [0.1, 0.15) is 31.3 Å². The standard InChI is InChI=1S/C14H17ClN4O2/c1-7(2)12-10(5-9(15)14(19-12)20-4)21-11-6-17-8(3)18-13(11)16/h5-7H,1-4H3,(H2,16,17,18). The molecule has 2 N–H and O–H groups in total. The smallest absolute Gasteiger partial charge is 0.232 e. The Labute approximate surface area is 128 Å². The molecule has 0 spiro atoms. The van der Waals surface area contributed by atoms with E-state index in [1.54, 1.807) is 13.0 Å². The molecular formula is C14H17ClN4O2. The van der Waals surface area contributed by atoms with Gasteiger partial charge >= 0.3 is 0 Å². The molecule has 7 heteroatoms. The minimum absolute atomic E-state index is 0.124. The van der Waals surface area contributed by atoms with Gasteiger partial charge in [-0.3, -0.25) is 0 Å². The van der Waals surface area contributed by atoms with Crippen molar-refractivity contribution < 1.29 is 9.47 Å². The molecule has 0 aliphatic rings. The van der Waals surface area contributed by atoms with E-state index < -0.39 is 0 Å². The van der Waals surface area contributed by atoms with Crippen LogP contribution in [0.15, 0.2) is 12.3 Å². The lowest BCUT2D eigenvalue weighted by molar-refractivity contribution is 0.390. The summed E-state index contributed by atoms with van der Waals surface area (Å²) in [5.74, 6) is 2.21. The van der Waals surface area contributed by atoms with Crippen molar-refractivity contribution in [2.75, 3.05) is 12.8 Å². The van der Waals surface area contributed by atoms with Gasteiger partial charge in [0.15, 0.2) is 17.3 Å². The molecule has 0 bridgehead atoms. The number of halogens is 1. The fourth-order valence-electron chi connectivity index (χ4n) is 1.78. The first-order valence-electron chi connectivity index (χ1n) is 6.43. The fourth-order valence-corrected chi connectivity index (χ4v) is 2.00. The number of anilines is 1. The molecule has 21 heavy (non-hydrogen) atoms. The molecule has 0 saturated carbocycles. The van der Waals surface area contributed by atoms with Crippen molar-refractivity contribution in [1.29, 1.82) is 0 Å². The second kappa shape index (κ2) is 6.13. The average molecular weight is 309 g/mol. The van der Waals surface area contributed by atoms with E-state index in [2.05, 4.69) is 15.0 Å². The van der Waals surface area contributed by atoms with E-state index in [0.717, 1.165) is 5.69 Å². The first-order valence-corrected chi connectivity index (χ1v) is 6.81. The van der Waals surface area contributed by atoms with Crippen molar-refractivity contribution in [3.8, 4) is 17.4 Å². The second-order valence-corrected chi connectivity index (χ2v) is 5.19. The highest BCUT2D eigenvalue weighted by molar-refractivity contribution is 6.32. The Bertz CT molecular complexity index is 662. The molecular weight excluding hydrogens is 292 g/mol. The molecule has 0 aliphatic carbocycles. The van der Waals surface area contributed by atoms with Crippen LogP contribution in [0.2, 0.25) is 5.02 Å². The Morgan fingerprint density at radius 2 is 1.95 bits per heavy atom. The number of methoxy groups -OCH3 is 1. The maximum absolute atomic E-state index is 6.11. The molecule has 0 amide bonds. The molecule has 2 rings (SSSR count). The van der Waals surface area contributed by atoms with Gasteiger partial charge in [-0.1, -0.05) is 25.4 Å². The molecule has 0 radical (unpaired) electrons. The zero-order valence-electron chi connectivity index (χ0n) is 12.3. The van der Waals surface area contributed by atoms with Crippen LogP contribution in [-0.2, 0) is 0 Å². The number of nitrogen functional groups attached to an aromatic ring is 1. The Morgan fingerprint density at radius 1 is 1.24 bits per heavy atom. The van der Waals surface area contributed by atoms with Gasteiger partial charge in [-0.05, 0) is 12.8 Å². The number of nitrogens with two attached hydrogens (primary N) is 1. The molecule has 0 unspecified atom stereocenters. The number of rotatable bonds is 4. The van der Waals surface area contributed by atoms with Crippen LogP contribution < -0.4 is 15.2 Å². The van der Waals surface area contributed by atoms with Crippen LogP contribution in [0.25, 0.3) is 0 Å². The average Bonchev–Trinajstić information content (AvgIpc) is 2.41. The van der Waals surface area contributed by atoms with Gasteiger partial charge in [-0.2, -0.15) is 0 Å². The minimum atomic E-state index is 0.124. The maximum Gasteiger partial charge on any atom is 0.232 e. The molecule has 0 atom stereocenters. The Balaban J connectivity index is 2.45. The Hall–Kier alpha value is -2.08. The largest absolute Gasteiger partial charge is 0.480 e. The zero-order valence-corrected chi connectivity index (χ0v) is 13.1. The lowest BCUT2D eigenvalue weighted by atomic mass is 10.1. The van der Waals surface area contributed by atoms with Crippen LogP contribution in [0.5, 0.6) is 17.4 Å². The number of pyridine rings is 1. The highest BCUT2D eigenvalue weighted by Gasteiger charge is 2.17. The van der Waals surface area contributed by atoms with E-state index in [9.17, 15) is 0 Å². The van der Waals surface area contributed by atoms with Crippen LogP contribution in [0.4, 0.5) is 5.82 Å². The number of hydrogen-bond acceptors (Lipinski definition) is 6. The number of ether oxygens (including phenoxy) is 2. The Kier molecular flexibility index (Phi) is 4.47. The molecule has 2 aromatic rings. The monoisotopic (exact) mass is 308 g/mol. The van der Waals surface area contributed by atoms with Gasteiger partial charge in [-0.25, -0.2) is 15.0 Å². The molecule has 0 fully saturated rings. The summed E-state index contributed by atoms with van der Waals surface area (Å²) in [6.45, 7) is 5.75. The number of nitrogens with zero attached hydrogens (tertiary/aromatic N) is 3. The molecule has 2 heterocycles. The van der Waals surface area contributed by atoms with Gasteiger partial charge in [0.25, 0.3) is 0 Å². The zero-order chi connectivity index (χ0) is 15.6. The minimum Gasteiger partial charge on any atom is -0.480 e. The van der Waals surface area contributed by atoms with E-state index in [4.69, 9.17) is 26.8 Å². The summed E-state index contributed by atoms with van der Waals surface area (Å²) in [6, 6.07) is 1.65. The van der Waals surface area contributed by atoms with Gasteiger partial charge in [-0.15, -0.1) is 0 Å². The molecule has 6 nitrogen and oxygen atoms in total. The number of aromatic nitrogens is 3. The van der Waals surface area contributed by atoms with Crippen molar-refractivity contribution >= 4 is 17.4 Å². The summed E-state index contributed by atoms with van der Waals surface area (Å²) in [5, 5.41) is 0.364. The van der Waals surface area contributed by atoms with E-state index in [0.29, 0.717) is 28.2 Å². The summed E-state index contributed by atoms with van der Waals surface area (Å²) < 4.78 is 10.9. The Morgan fingerprint density at radius 3 is 2.52 bits per heavy atom. The third kappa shape index (κ3) is 3.33. The SMILES string of the molecule is COc1nc(C(C)C)c(Oc2cnc(C)nc2N)cc1Cl. The predicted octanol–water partition coefficient (Wildman–Crippen LogP) is 3.34. The van der Waals surface area contributed by atoms with Gasteiger partial charge in [0.1, 0.15) is 10.8 Å². The lowest BCUT2D eigenvalue weighted by Crippen LogP contribution is -2.03. The van der Waals surface area contributed by atoms with Crippen LogP contribution in [0.3, 0.4) is 0 Å². The molecule has 0 aliphatic heterocycles. The second-order valence-electron chi connectivity index (χ2n) is 4.79. The third-order valence-corrected chi connectivity index (χ3v) is 3.07. The van der Waals surface area contributed by atoms with E-state index in [-0.39, 0.29) is 11.7 Å². The maximum atomic E-state index is 6.11. The van der Waals surface area contributed by atoms with Crippen molar-refractivity contribution in [2.45, 2.75) is 26.7 Å². The highest BCUT2D eigenvalue weighted by atomic mass is 35.5. The molecule has 0 aromatic carbocycles. The summed E-state index contributed by atoms with van der Waals surface area (Å²) in [6.07, 6.45) is 1.53. The van der Waals surface area contributed by atoms with Gasteiger partial charge in [0.05, 0.1) is 19.0 Å². The van der Waals surface area contributed by atoms with Gasteiger partial charge in [0, 0.05) is 6.07 Å². The predicted molar refractivity (Wildman–Crippen MR) is 81.1 cm³/mol. The first kappa shape index (κ1) is 15.3. The quantitative estimate of drug-likeness (QED) is 0.932. The summed E-state index contributed by atoms with van der Waals surface area (Å²) >= 11 is 6.11. The summed E-state index contributed by atoms with van der Waals surface area (Å²) in [4.78, 5) is 12.5. The van der Waals surface area contributed by atoms with E-state index >= 15 is 0 Å². The topological polar surface area (TPSA) is 83.2 Å². The fraction of sp³-hybridized carbons (Fsp3) is 0.357. The number of hydrogen-bond donors (Lipinski definition) is 1. The molecule has 2 aromatic heterocycles. The van der Waals surface area contributed by atoms with Crippen molar-refractivity contribution in [1.82, 2.24) is 15.0 Å². The summed E-state index contributed by atoms with van der Waals surface area (Å²) in [5.41, 5.74) is 6.55. The van der Waals surface area contributed by atoms with Crippen molar-refractivity contribution in [3.05, 3.63) is 28.8 Å². The van der Waals surface area contributed by atoms with Crippen molar-refractivity contribution in [2.24, 2.45) is 0 Å². The molecule has 0 saturated heterocycles.